The van der Waals surface area contributed by atoms with Crippen LogP contribution in [0.3, 0.4) is 0 Å². The third-order valence-electron chi connectivity index (χ3n) is 3.79. The van der Waals surface area contributed by atoms with Gasteiger partial charge in [-0.25, -0.2) is 4.79 Å². The first-order chi connectivity index (χ1) is 10.1. The number of carbonyl (C=O) groups excluding carboxylic acids is 1. The summed E-state index contributed by atoms with van der Waals surface area (Å²) in [5, 5.41) is 2.97. The van der Waals surface area contributed by atoms with E-state index in [1.54, 1.807) is 0 Å². The molecule has 21 heavy (non-hydrogen) atoms. The van der Waals surface area contributed by atoms with E-state index < -0.39 is 0 Å². The third kappa shape index (κ3) is 4.71. The molecule has 4 nitrogen and oxygen atoms in total. The van der Waals surface area contributed by atoms with E-state index >= 15 is 0 Å². The summed E-state index contributed by atoms with van der Waals surface area (Å²) in [6.07, 6.45) is 2.18. The van der Waals surface area contributed by atoms with E-state index in [1.807, 2.05) is 36.9 Å². The summed E-state index contributed by atoms with van der Waals surface area (Å²) in [6, 6.07) is 5.84. The van der Waals surface area contributed by atoms with E-state index in [9.17, 15) is 4.79 Å². The molecule has 1 aromatic carbocycles. The maximum Gasteiger partial charge on any atom is 0.321 e. The zero-order valence-electron chi connectivity index (χ0n) is 12.7. The van der Waals surface area contributed by atoms with Crippen molar-refractivity contribution in [2.75, 3.05) is 31.6 Å². The lowest BCUT2D eigenvalue weighted by Crippen LogP contribution is -2.43. The first-order valence-corrected chi connectivity index (χ1v) is 8.29. The second-order valence-electron chi connectivity index (χ2n) is 5.51. The molecule has 2 rings (SSSR count). The quantitative estimate of drug-likeness (QED) is 0.886. The lowest BCUT2D eigenvalue weighted by atomic mass is 9.99. The Morgan fingerprint density at radius 2 is 2.33 bits per heavy atom. The number of ether oxygens (including phenoxy) is 1. The minimum atomic E-state index is -0.0213. The smallest absolute Gasteiger partial charge is 0.321 e. The molecule has 0 radical (unpaired) electrons. The predicted octanol–water partition coefficient (Wildman–Crippen LogP) is 4.04. The van der Waals surface area contributed by atoms with Gasteiger partial charge in [-0.3, -0.25) is 0 Å². The molecule has 1 aliphatic heterocycles. The van der Waals surface area contributed by atoms with Crippen molar-refractivity contribution in [2.24, 2.45) is 5.92 Å². The topological polar surface area (TPSA) is 41.6 Å². The number of benzene rings is 1. The number of rotatable bonds is 4. The maximum absolute atomic E-state index is 12.3. The second kappa shape index (κ2) is 7.80. The van der Waals surface area contributed by atoms with Crippen molar-refractivity contribution in [1.29, 1.82) is 0 Å². The molecule has 1 aromatic rings. The lowest BCUT2D eigenvalue weighted by Gasteiger charge is -2.32. The van der Waals surface area contributed by atoms with Gasteiger partial charge in [0.25, 0.3) is 0 Å². The van der Waals surface area contributed by atoms with Gasteiger partial charge >= 0.3 is 6.03 Å². The largest absolute Gasteiger partial charge is 0.381 e. The zero-order chi connectivity index (χ0) is 15.2. The van der Waals surface area contributed by atoms with Crippen LogP contribution in [0.25, 0.3) is 0 Å². The summed E-state index contributed by atoms with van der Waals surface area (Å²) in [7, 11) is 0. The van der Waals surface area contributed by atoms with Crippen LogP contribution >= 0.6 is 15.9 Å². The molecule has 1 unspecified atom stereocenters. The van der Waals surface area contributed by atoms with Crippen LogP contribution in [0.5, 0.6) is 0 Å². The highest BCUT2D eigenvalue weighted by Crippen LogP contribution is 2.22. The van der Waals surface area contributed by atoms with Crippen LogP contribution in [0.2, 0.25) is 0 Å². The van der Waals surface area contributed by atoms with Crippen molar-refractivity contribution in [3.05, 3.63) is 28.2 Å². The van der Waals surface area contributed by atoms with Gasteiger partial charge in [-0.05, 0) is 44.4 Å². The van der Waals surface area contributed by atoms with Gasteiger partial charge in [0.2, 0.25) is 0 Å². The average molecular weight is 355 g/mol. The van der Waals surface area contributed by atoms with Gasteiger partial charge in [0.1, 0.15) is 0 Å². The van der Waals surface area contributed by atoms with Gasteiger partial charge in [0.05, 0.1) is 6.61 Å². The maximum atomic E-state index is 12.3. The normalized spacial score (nSPS) is 18.6. The van der Waals surface area contributed by atoms with Crippen LogP contribution in [0.15, 0.2) is 22.7 Å². The van der Waals surface area contributed by atoms with Crippen LogP contribution in [0.1, 0.15) is 25.3 Å². The average Bonchev–Trinajstić information content (AvgIpc) is 2.49. The first kappa shape index (κ1) is 16.3. The molecule has 0 bridgehead atoms. The third-order valence-corrected chi connectivity index (χ3v) is 4.64. The monoisotopic (exact) mass is 354 g/mol. The van der Waals surface area contributed by atoms with Gasteiger partial charge in [0, 0.05) is 35.8 Å². The fourth-order valence-electron chi connectivity index (χ4n) is 2.54. The SMILES string of the molecule is CCOCC1CCCN(C(=O)Nc2ccc(C)c(Br)c2)C1. The number of aryl methyl sites for hydroxylation is 1. The molecule has 2 amide bonds. The number of hydrogen-bond acceptors (Lipinski definition) is 2. The highest BCUT2D eigenvalue weighted by molar-refractivity contribution is 9.10. The van der Waals surface area contributed by atoms with Crippen molar-refractivity contribution < 1.29 is 9.53 Å². The van der Waals surface area contributed by atoms with E-state index in [4.69, 9.17) is 4.74 Å². The Balaban J connectivity index is 1.91. The van der Waals surface area contributed by atoms with Gasteiger partial charge in [0.15, 0.2) is 0 Å². The summed E-state index contributed by atoms with van der Waals surface area (Å²) in [5.74, 6) is 0.453. The van der Waals surface area contributed by atoms with E-state index in [0.29, 0.717) is 5.92 Å². The Bertz CT molecular complexity index is 493. The molecule has 1 aliphatic rings. The van der Waals surface area contributed by atoms with Crippen LogP contribution in [0, 0.1) is 12.8 Å². The van der Waals surface area contributed by atoms with Gasteiger partial charge < -0.3 is 15.0 Å². The summed E-state index contributed by atoms with van der Waals surface area (Å²) < 4.78 is 6.49. The molecular weight excluding hydrogens is 332 g/mol. The highest BCUT2D eigenvalue weighted by Gasteiger charge is 2.23. The van der Waals surface area contributed by atoms with E-state index in [0.717, 1.165) is 54.9 Å². The van der Waals surface area contributed by atoms with Crippen molar-refractivity contribution in [3.63, 3.8) is 0 Å². The molecular formula is C16H23BrN2O2. The number of hydrogen-bond donors (Lipinski definition) is 1. The number of nitrogens with zero attached hydrogens (tertiary/aromatic N) is 1. The fraction of sp³-hybridized carbons (Fsp3) is 0.562. The van der Waals surface area contributed by atoms with Crippen LogP contribution in [0.4, 0.5) is 10.5 Å². The van der Waals surface area contributed by atoms with Crippen LogP contribution in [-0.2, 0) is 4.74 Å². The molecule has 0 spiro atoms. The standard InChI is InChI=1S/C16H23BrN2O2/c1-3-21-11-13-5-4-8-19(10-13)16(20)18-14-7-6-12(2)15(17)9-14/h6-7,9,13H,3-5,8,10-11H2,1-2H3,(H,18,20). The van der Waals surface area contributed by atoms with Gasteiger partial charge in [-0.15, -0.1) is 0 Å². The molecule has 1 fully saturated rings. The molecule has 5 heteroatoms. The zero-order valence-corrected chi connectivity index (χ0v) is 14.3. The number of carbonyl (C=O) groups is 1. The van der Waals surface area contributed by atoms with Crippen LogP contribution in [-0.4, -0.2) is 37.2 Å². The van der Waals surface area contributed by atoms with Crippen molar-refractivity contribution >= 4 is 27.6 Å². The summed E-state index contributed by atoms with van der Waals surface area (Å²) in [5.41, 5.74) is 1.98. The summed E-state index contributed by atoms with van der Waals surface area (Å²) in [4.78, 5) is 14.2. The number of urea groups is 1. The Morgan fingerprint density at radius 1 is 1.52 bits per heavy atom. The summed E-state index contributed by atoms with van der Waals surface area (Å²) in [6.45, 7) is 7.11. The second-order valence-corrected chi connectivity index (χ2v) is 6.36. The molecule has 1 heterocycles. The predicted molar refractivity (Wildman–Crippen MR) is 88.7 cm³/mol. The van der Waals surface area contributed by atoms with E-state index in [1.165, 1.54) is 0 Å². The highest BCUT2D eigenvalue weighted by atomic mass is 79.9. The molecule has 0 aliphatic carbocycles. The molecule has 0 aromatic heterocycles. The van der Waals surface area contributed by atoms with Crippen molar-refractivity contribution in [3.8, 4) is 0 Å². The van der Waals surface area contributed by atoms with E-state index in [-0.39, 0.29) is 6.03 Å². The van der Waals surface area contributed by atoms with E-state index in [2.05, 4.69) is 21.2 Å². The Labute approximate surface area is 135 Å². The number of anilines is 1. The van der Waals surface area contributed by atoms with Crippen LogP contribution < -0.4 is 5.32 Å². The van der Waals surface area contributed by atoms with Gasteiger partial charge in [-0.2, -0.15) is 0 Å². The number of likely N-dealkylation sites (tertiary alicyclic amines) is 1. The molecule has 0 saturated carbocycles. The first-order valence-electron chi connectivity index (χ1n) is 7.50. The Kier molecular flexibility index (Phi) is 6.06. The number of nitrogens with one attached hydrogen (secondary N) is 1. The molecule has 1 N–H and O–H groups in total. The minimum Gasteiger partial charge on any atom is -0.381 e. The lowest BCUT2D eigenvalue weighted by molar-refractivity contribution is 0.0777. The Hall–Kier alpha value is -1.07. The molecule has 116 valence electrons. The molecule has 1 atom stereocenters. The van der Waals surface area contributed by atoms with Crippen molar-refractivity contribution in [2.45, 2.75) is 26.7 Å². The molecule has 1 saturated heterocycles. The summed E-state index contributed by atoms with van der Waals surface area (Å²) >= 11 is 3.49. The van der Waals surface area contributed by atoms with Crippen molar-refractivity contribution in [1.82, 2.24) is 4.90 Å². The minimum absolute atomic E-state index is 0.0213. The number of amides is 2. The fourth-order valence-corrected chi connectivity index (χ4v) is 2.92. The number of halogens is 1. The van der Waals surface area contributed by atoms with Gasteiger partial charge in [-0.1, -0.05) is 22.0 Å². The Morgan fingerprint density at radius 3 is 3.05 bits per heavy atom. The number of piperidine rings is 1.